The third-order valence-electron chi connectivity index (χ3n) is 6.30. The van der Waals surface area contributed by atoms with Crippen molar-refractivity contribution in [1.29, 1.82) is 0 Å². The Morgan fingerprint density at radius 3 is 2.24 bits per heavy atom. The monoisotopic (exact) mass is 537 g/mol. The number of rotatable bonds is 12. The summed E-state index contributed by atoms with van der Waals surface area (Å²) in [4.78, 5) is 10.7. The van der Waals surface area contributed by atoms with Crippen LogP contribution in [0.5, 0.6) is 0 Å². The molecule has 0 bridgehead atoms. The quantitative estimate of drug-likeness (QED) is 0.161. The lowest BCUT2D eigenvalue weighted by molar-refractivity contribution is 0.147. The third-order valence-corrected chi connectivity index (χ3v) is 7.11. The van der Waals surface area contributed by atoms with E-state index in [1.165, 1.54) is 0 Å². The molecule has 0 fully saturated rings. The number of benzene rings is 3. The highest BCUT2D eigenvalue weighted by molar-refractivity contribution is 8.13. The molecule has 0 heterocycles. The van der Waals surface area contributed by atoms with E-state index in [1.807, 2.05) is 48.6 Å². The molecular formula is C30H32ClNO4S. The number of hydrogen-bond acceptors (Lipinski definition) is 5. The van der Waals surface area contributed by atoms with Crippen LogP contribution in [0.1, 0.15) is 64.8 Å². The summed E-state index contributed by atoms with van der Waals surface area (Å²) in [6.45, 7) is 6.18. The van der Waals surface area contributed by atoms with Gasteiger partial charge in [0, 0.05) is 10.9 Å². The van der Waals surface area contributed by atoms with E-state index < -0.39 is 11.5 Å². The van der Waals surface area contributed by atoms with Gasteiger partial charge in [-0.3, -0.25) is 5.32 Å². The predicted octanol–water partition coefficient (Wildman–Crippen LogP) is 7.88. The first-order chi connectivity index (χ1) is 17.9. The minimum Gasteiger partial charge on any atom is -0.504 e. The number of methoxy groups -OCH3 is 1. The van der Waals surface area contributed by atoms with Crippen molar-refractivity contribution in [3.8, 4) is 0 Å². The van der Waals surface area contributed by atoms with Gasteiger partial charge < -0.3 is 14.9 Å². The Labute approximate surface area is 227 Å². The molecule has 0 aliphatic carbocycles. The Kier molecular flexibility index (Phi) is 10.8. The first-order valence-corrected chi connectivity index (χ1v) is 13.3. The van der Waals surface area contributed by atoms with Crippen molar-refractivity contribution in [3.63, 3.8) is 0 Å². The number of ether oxygens (including phenoxy) is 1. The number of halogens is 1. The van der Waals surface area contributed by atoms with Gasteiger partial charge in [-0.05, 0) is 75.7 Å². The van der Waals surface area contributed by atoms with E-state index >= 15 is 0 Å². The molecule has 0 amide bonds. The second-order valence-corrected chi connectivity index (χ2v) is 9.87. The lowest BCUT2D eigenvalue weighted by atomic mass is 9.75. The Morgan fingerprint density at radius 2 is 1.65 bits per heavy atom. The van der Waals surface area contributed by atoms with Crippen LogP contribution < -0.4 is 5.32 Å². The molecule has 3 atom stereocenters. The molecule has 37 heavy (non-hydrogen) atoms. The summed E-state index contributed by atoms with van der Waals surface area (Å²) in [7, 11) is 1.62. The Balaban J connectivity index is 1.98. The first-order valence-electron chi connectivity index (χ1n) is 12.0. The largest absolute Gasteiger partial charge is 0.504 e. The average molecular weight is 538 g/mol. The predicted molar refractivity (Wildman–Crippen MR) is 154 cm³/mol. The van der Waals surface area contributed by atoms with E-state index in [2.05, 4.69) is 49.2 Å². The summed E-state index contributed by atoms with van der Waals surface area (Å²) in [6, 6.07) is 22.2. The summed E-state index contributed by atoms with van der Waals surface area (Å²) in [5.41, 5.74) is 6.18. The number of carboxylic acid groups (broad SMARTS) is 1. The van der Waals surface area contributed by atoms with Crippen LogP contribution in [0.4, 0.5) is 4.79 Å². The molecule has 3 rings (SSSR count). The van der Waals surface area contributed by atoms with Crippen molar-refractivity contribution >= 4 is 40.8 Å². The number of thioether (sulfide) groups is 1. The Morgan fingerprint density at radius 1 is 1.03 bits per heavy atom. The van der Waals surface area contributed by atoms with Crippen molar-refractivity contribution in [2.75, 3.05) is 13.0 Å². The molecule has 5 nitrogen and oxygen atoms in total. The fraction of sp³-hybridized carbons (Fsp3) is 0.233. The minimum absolute atomic E-state index is 0.0577. The highest BCUT2D eigenvalue weighted by Crippen LogP contribution is 2.42. The van der Waals surface area contributed by atoms with Crippen LogP contribution in [0.2, 0.25) is 5.02 Å². The molecular weight excluding hydrogens is 506 g/mol. The van der Waals surface area contributed by atoms with Gasteiger partial charge in [-0.1, -0.05) is 85.8 Å². The number of aliphatic hydroxyl groups is 1. The van der Waals surface area contributed by atoms with Gasteiger partial charge in [-0.2, -0.15) is 0 Å². The minimum atomic E-state index is -0.989. The van der Waals surface area contributed by atoms with Crippen molar-refractivity contribution < 1.29 is 19.7 Å². The van der Waals surface area contributed by atoms with Gasteiger partial charge in [0.05, 0.1) is 19.2 Å². The van der Waals surface area contributed by atoms with Crippen LogP contribution in [0.3, 0.4) is 0 Å². The molecule has 0 spiro atoms. The smallest absolute Gasteiger partial charge is 0.366 e. The second-order valence-electron chi connectivity index (χ2n) is 8.50. The number of hydrogen-bond donors (Lipinski definition) is 3. The maximum absolute atomic E-state index is 10.7. The fourth-order valence-corrected chi connectivity index (χ4v) is 4.96. The topological polar surface area (TPSA) is 78.8 Å². The zero-order chi connectivity index (χ0) is 26.8. The maximum atomic E-state index is 10.7. The molecule has 7 heteroatoms. The zero-order valence-electron chi connectivity index (χ0n) is 20.9. The summed E-state index contributed by atoms with van der Waals surface area (Å²) < 4.78 is 5.10. The summed E-state index contributed by atoms with van der Waals surface area (Å²) in [5, 5.41) is 21.7. The molecule has 3 unspecified atom stereocenters. The number of nitrogens with one attached hydrogen (secondary N) is 1. The van der Waals surface area contributed by atoms with E-state index in [-0.39, 0.29) is 17.7 Å². The second kappa shape index (κ2) is 14.1. The van der Waals surface area contributed by atoms with E-state index in [0.29, 0.717) is 22.3 Å². The average Bonchev–Trinajstić information content (AvgIpc) is 2.91. The van der Waals surface area contributed by atoms with Crippen LogP contribution in [0.25, 0.3) is 12.2 Å². The van der Waals surface area contributed by atoms with E-state index in [0.717, 1.165) is 34.2 Å². The van der Waals surface area contributed by atoms with Gasteiger partial charge in [0.1, 0.15) is 6.23 Å². The van der Waals surface area contributed by atoms with E-state index in [9.17, 15) is 9.90 Å². The highest BCUT2D eigenvalue weighted by Gasteiger charge is 2.26. The lowest BCUT2D eigenvalue weighted by Crippen LogP contribution is -2.21. The Hall–Kier alpha value is -3.03. The molecule has 0 aliphatic heterocycles. The summed E-state index contributed by atoms with van der Waals surface area (Å²) >= 11 is 6.91. The van der Waals surface area contributed by atoms with Crippen molar-refractivity contribution in [3.05, 3.63) is 118 Å². The normalized spacial score (nSPS) is 13.7. The van der Waals surface area contributed by atoms with Crippen molar-refractivity contribution in [2.45, 2.75) is 31.4 Å². The van der Waals surface area contributed by atoms with Gasteiger partial charge in [0.25, 0.3) is 0 Å². The number of aliphatic hydroxyl groups excluding tert-OH is 1. The van der Waals surface area contributed by atoms with Crippen molar-refractivity contribution in [2.24, 2.45) is 0 Å². The molecule has 3 aromatic carbocycles. The molecule has 3 aromatic rings. The summed E-state index contributed by atoms with van der Waals surface area (Å²) in [5.74, 6) is 0.318. The van der Waals surface area contributed by atoms with Crippen LogP contribution in [0, 0.1) is 0 Å². The molecule has 3 N–H and O–H groups in total. The van der Waals surface area contributed by atoms with Gasteiger partial charge in [-0.25, -0.2) is 4.79 Å². The molecule has 194 valence electrons. The standard InChI is InChI=1S/C30H32ClNO4S/c1-4-20-18-25(11-6-21(20)16-17-36-3)28(23-12-14-26(31)15-13-23)27(5-2)22-7-9-24(10-8-22)29(33)32-19-37-30(34)35/h4,6-18,27-29,32-33H,1,5,19H2,2-3H3,(H,34,35)/b17-16+. The molecule has 0 saturated heterocycles. The van der Waals surface area contributed by atoms with Crippen LogP contribution >= 0.6 is 23.4 Å². The highest BCUT2D eigenvalue weighted by atomic mass is 35.5. The van der Waals surface area contributed by atoms with Crippen LogP contribution in [-0.2, 0) is 4.74 Å². The van der Waals surface area contributed by atoms with Gasteiger partial charge in [0.15, 0.2) is 0 Å². The molecule has 0 saturated carbocycles. The lowest BCUT2D eigenvalue weighted by Gasteiger charge is -2.29. The van der Waals surface area contributed by atoms with Crippen molar-refractivity contribution in [1.82, 2.24) is 5.32 Å². The van der Waals surface area contributed by atoms with E-state index in [1.54, 1.807) is 13.4 Å². The molecule has 0 aromatic heterocycles. The maximum Gasteiger partial charge on any atom is 0.366 e. The van der Waals surface area contributed by atoms with Gasteiger partial charge >= 0.3 is 5.30 Å². The van der Waals surface area contributed by atoms with Gasteiger partial charge in [0.2, 0.25) is 0 Å². The first kappa shape index (κ1) is 28.5. The zero-order valence-corrected chi connectivity index (χ0v) is 22.5. The van der Waals surface area contributed by atoms with Crippen LogP contribution in [0.15, 0.2) is 79.6 Å². The summed E-state index contributed by atoms with van der Waals surface area (Å²) in [6.07, 6.45) is 5.36. The van der Waals surface area contributed by atoms with Crippen LogP contribution in [-0.4, -0.2) is 28.5 Å². The molecule has 0 radical (unpaired) electrons. The van der Waals surface area contributed by atoms with Gasteiger partial charge in [-0.15, -0.1) is 0 Å². The SMILES string of the molecule is C=Cc1cc(C(c2ccc(Cl)cc2)C(CC)c2ccc(C(O)NCSC(=O)O)cc2)ccc1/C=C/OC. The Bertz CT molecular complexity index is 1210. The fourth-order valence-electron chi connectivity index (χ4n) is 4.47. The third kappa shape index (κ3) is 7.73. The molecule has 0 aliphatic rings. The van der Waals surface area contributed by atoms with E-state index in [4.69, 9.17) is 21.4 Å². The number of carbonyl (C=O) groups is 1.